The van der Waals surface area contributed by atoms with Crippen molar-refractivity contribution in [3.8, 4) is 23.1 Å². The van der Waals surface area contributed by atoms with Gasteiger partial charge in [-0.1, -0.05) is 48.5 Å². The number of ether oxygens (including phenoxy) is 1. The molecule has 6 rings (SSSR count). The molecule has 1 amide bonds. The maximum absolute atomic E-state index is 13.1. The van der Waals surface area contributed by atoms with Crippen LogP contribution in [0.1, 0.15) is 52.7 Å². The second-order valence-corrected chi connectivity index (χ2v) is 11.9. The summed E-state index contributed by atoms with van der Waals surface area (Å²) >= 11 is 0. The van der Waals surface area contributed by atoms with Crippen LogP contribution in [0.2, 0.25) is 0 Å². The fraction of sp³-hybridized carbons (Fsp3) is 0.324. The Morgan fingerprint density at radius 1 is 0.818 bits per heavy atom. The zero-order valence-corrected chi connectivity index (χ0v) is 25.1. The lowest BCUT2D eigenvalue weighted by atomic mass is 10.0. The maximum Gasteiger partial charge on any atom is 0.251 e. The van der Waals surface area contributed by atoms with Crippen LogP contribution in [0.15, 0.2) is 97.2 Å². The molecule has 3 aromatic carbocycles. The van der Waals surface area contributed by atoms with Gasteiger partial charge in [0.2, 0.25) is 0 Å². The van der Waals surface area contributed by atoms with Gasteiger partial charge in [-0.25, -0.2) is 0 Å². The van der Waals surface area contributed by atoms with Crippen LogP contribution in [0.3, 0.4) is 0 Å². The molecule has 44 heavy (non-hydrogen) atoms. The summed E-state index contributed by atoms with van der Waals surface area (Å²) in [5.74, 6) is 0.725. The number of nitriles is 1. The number of nitrogens with one attached hydrogen (secondary N) is 1. The monoisotopic (exact) mass is 585 g/mol. The molecular formula is C37H39N5O2. The second-order valence-electron chi connectivity index (χ2n) is 11.9. The van der Waals surface area contributed by atoms with E-state index in [4.69, 9.17) is 10.00 Å². The average Bonchev–Trinajstić information content (AvgIpc) is 3.08. The minimum absolute atomic E-state index is 0.0372. The number of piperidine rings is 2. The quantitative estimate of drug-likeness (QED) is 0.257. The molecule has 0 radical (unpaired) electrons. The SMILES string of the molecule is N#Cc1ccc(CN2CCC(NC(=O)c3cccc(OC4CCN(Cc5ccc(-c6ccccn6)cc5)CC4)c3)CC2)cc1. The van der Waals surface area contributed by atoms with E-state index < -0.39 is 0 Å². The van der Waals surface area contributed by atoms with Crippen LogP contribution < -0.4 is 10.1 Å². The zero-order valence-electron chi connectivity index (χ0n) is 25.1. The fourth-order valence-corrected chi connectivity index (χ4v) is 6.11. The smallest absolute Gasteiger partial charge is 0.251 e. The Morgan fingerprint density at radius 3 is 2.11 bits per heavy atom. The normalized spacial score (nSPS) is 16.7. The van der Waals surface area contributed by atoms with E-state index in [1.165, 1.54) is 11.1 Å². The van der Waals surface area contributed by atoms with Crippen molar-refractivity contribution in [2.45, 2.75) is 50.9 Å². The molecule has 7 heteroatoms. The molecule has 224 valence electrons. The van der Waals surface area contributed by atoms with Crippen molar-refractivity contribution < 1.29 is 9.53 Å². The van der Waals surface area contributed by atoms with E-state index in [9.17, 15) is 4.79 Å². The van der Waals surface area contributed by atoms with Crippen LogP contribution in [0, 0.1) is 11.3 Å². The summed E-state index contributed by atoms with van der Waals surface area (Å²) in [4.78, 5) is 22.4. The molecule has 0 aliphatic carbocycles. The molecule has 1 aromatic heterocycles. The summed E-state index contributed by atoms with van der Waals surface area (Å²) in [6.07, 6.45) is 5.74. The second kappa shape index (κ2) is 14.3. The van der Waals surface area contributed by atoms with E-state index >= 15 is 0 Å². The number of rotatable bonds is 9. The first kappa shape index (κ1) is 29.6. The Bertz CT molecular complexity index is 1550. The van der Waals surface area contributed by atoms with Crippen molar-refractivity contribution in [1.29, 1.82) is 5.26 Å². The largest absolute Gasteiger partial charge is 0.490 e. The highest BCUT2D eigenvalue weighted by Crippen LogP contribution is 2.23. The van der Waals surface area contributed by atoms with Crippen molar-refractivity contribution in [2.24, 2.45) is 0 Å². The molecular weight excluding hydrogens is 546 g/mol. The van der Waals surface area contributed by atoms with Gasteiger partial charge >= 0.3 is 0 Å². The highest BCUT2D eigenvalue weighted by Gasteiger charge is 2.23. The van der Waals surface area contributed by atoms with Crippen LogP contribution in [-0.4, -0.2) is 59.0 Å². The van der Waals surface area contributed by atoms with Crippen molar-refractivity contribution >= 4 is 5.91 Å². The number of pyridine rings is 1. The average molecular weight is 586 g/mol. The fourth-order valence-electron chi connectivity index (χ4n) is 6.11. The van der Waals surface area contributed by atoms with E-state index in [-0.39, 0.29) is 18.1 Å². The van der Waals surface area contributed by atoms with Gasteiger partial charge < -0.3 is 10.1 Å². The van der Waals surface area contributed by atoms with Gasteiger partial charge in [-0.05, 0) is 79.3 Å². The molecule has 4 aromatic rings. The predicted molar refractivity (Wildman–Crippen MR) is 172 cm³/mol. The van der Waals surface area contributed by atoms with Gasteiger partial charge in [0, 0.05) is 62.6 Å². The highest BCUT2D eigenvalue weighted by atomic mass is 16.5. The van der Waals surface area contributed by atoms with E-state index in [0.29, 0.717) is 11.1 Å². The molecule has 1 N–H and O–H groups in total. The van der Waals surface area contributed by atoms with Gasteiger partial charge in [-0.3, -0.25) is 19.6 Å². The van der Waals surface area contributed by atoms with Gasteiger partial charge in [-0.15, -0.1) is 0 Å². The van der Waals surface area contributed by atoms with E-state index in [1.54, 1.807) is 0 Å². The third kappa shape index (κ3) is 7.90. The number of likely N-dealkylation sites (tertiary alicyclic amines) is 2. The van der Waals surface area contributed by atoms with Crippen molar-refractivity contribution in [1.82, 2.24) is 20.1 Å². The van der Waals surface area contributed by atoms with E-state index in [1.807, 2.05) is 72.9 Å². The summed E-state index contributed by atoms with van der Waals surface area (Å²) in [6, 6.07) is 32.4. The Balaban J connectivity index is 0.929. The predicted octanol–water partition coefficient (Wildman–Crippen LogP) is 6.06. The number of hydrogen-bond acceptors (Lipinski definition) is 6. The third-order valence-corrected chi connectivity index (χ3v) is 8.67. The number of amides is 1. The molecule has 0 unspecified atom stereocenters. The van der Waals surface area contributed by atoms with Crippen molar-refractivity contribution in [3.63, 3.8) is 0 Å². The van der Waals surface area contributed by atoms with Crippen LogP contribution in [0.5, 0.6) is 5.75 Å². The highest BCUT2D eigenvalue weighted by molar-refractivity contribution is 5.94. The first-order chi connectivity index (χ1) is 21.6. The summed E-state index contributed by atoms with van der Waals surface area (Å²) in [5, 5.41) is 12.2. The number of hydrogen-bond donors (Lipinski definition) is 1. The number of benzene rings is 3. The molecule has 0 atom stereocenters. The van der Waals surface area contributed by atoms with Crippen molar-refractivity contribution in [3.05, 3.63) is 119 Å². The Hall–Kier alpha value is -4.51. The minimum Gasteiger partial charge on any atom is -0.490 e. The van der Waals surface area contributed by atoms with E-state index in [0.717, 1.165) is 82.0 Å². The molecule has 2 fully saturated rings. The summed E-state index contributed by atoms with van der Waals surface area (Å²) < 4.78 is 6.35. The van der Waals surface area contributed by atoms with Crippen LogP contribution in [-0.2, 0) is 13.1 Å². The Morgan fingerprint density at radius 2 is 1.48 bits per heavy atom. The lowest BCUT2D eigenvalue weighted by Gasteiger charge is -2.32. The van der Waals surface area contributed by atoms with Crippen LogP contribution in [0.25, 0.3) is 11.3 Å². The first-order valence-electron chi connectivity index (χ1n) is 15.6. The molecule has 7 nitrogen and oxygen atoms in total. The summed E-state index contributed by atoms with van der Waals surface area (Å²) in [6.45, 7) is 5.63. The van der Waals surface area contributed by atoms with Crippen LogP contribution >= 0.6 is 0 Å². The van der Waals surface area contributed by atoms with Gasteiger partial charge in [0.15, 0.2) is 0 Å². The first-order valence-corrected chi connectivity index (χ1v) is 15.6. The Labute approximate surface area is 260 Å². The van der Waals surface area contributed by atoms with Gasteiger partial charge in [0.25, 0.3) is 5.91 Å². The molecule has 2 aliphatic heterocycles. The third-order valence-electron chi connectivity index (χ3n) is 8.67. The molecule has 0 saturated carbocycles. The lowest BCUT2D eigenvalue weighted by Crippen LogP contribution is -2.44. The summed E-state index contributed by atoms with van der Waals surface area (Å²) in [7, 11) is 0. The topological polar surface area (TPSA) is 81.5 Å². The summed E-state index contributed by atoms with van der Waals surface area (Å²) in [5.41, 5.74) is 5.98. The van der Waals surface area contributed by atoms with Gasteiger partial charge in [0.1, 0.15) is 11.9 Å². The number of nitrogens with zero attached hydrogens (tertiary/aromatic N) is 4. The van der Waals surface area contributed by atoms with Crippen molar-refractivity contribution in [2.75, 3.05) is 26.2 Å². The number of carbonyl (C=O) groups is 1. The minimum atomic E-state index is -0.0372. The van der Waals surface area contributed by atoms with Crippen LogP contribution in [0.4, 0.5) is 0 Å². The number of carbonyl (C=O) groups excluding carboxylic acids is 1. The standard InChI is InChI=1S/C37H39N5O2/c38-25-28-7-9-29(10-8-28)26-41-20-15-33(16-21-41)40-37(43)32-4-3-5-35(24-32)44-34-17-22-42(23-18-34)27-30-11-13-31(14-12-30)36-6-1-2-19-39-36/h1-14,19,24,33-34H,15-18,20-23,26-27H2,(H,40,43). The molecule has 2 aliphatic rings. The zero-order chi connectivity index (χ0) is 30.1. The molecule has 0 bridgehead atoms. The lowest BCUT2D eigenvalue weighted by molar-refractivity contribution is 0.0900. The maximum atomic E-state index is 13.1. The molecule has 2 saturated heterocycles. The molecule has 0 spiro atoms. The molecule has 3 heterocycles. The van der Waals surface area contributed by atoms with E-state index in [2.05, 4.69) is 50.4 Å². The van der Waals surface area contributed by atoms with Gasteiger partial charge in [-0.2, -0.15) is 5.26 Å². The number of aromatic nitrogens is 1. The van der Waals surface area contributed by atoms with Gasteiger partial charge in [0.05, 0.1) is 17.3 Å². The Kier molecular flexibility index (Phi) is 9.61.